The summed E-state index contributed by atoms with van der Waals surface area (Å²) in [6, 6.07) is 6.18. The minimum atomic E-state index is -0.642. The molecule has 0 bridgehead atoms. The topological polar surface area (TPSA) is 87.7 Å². The molecule has 1 heterocycles. The van der Waals surface area contributed by atoms with Gasteiger partial charge in [0.25, 0.3) is 5.91 Å². The molecule has 1 fully saturated rings. The van der Waals surface area contributed by atoms with Gasteiger partial charge in [0.15, 0.2) is 0 Å². The molecule has 0 saturated carbocycles. The molecular formula is C21H31N3O4. The summed E-state index contributed by atoms with van der Waals surface area (Å²) in [6.45, 7) is 11.3. The molecule has 2 N–H and O–H groups in total. The van der Waals surface area contributed by atoms with Gasteiger partial charge < -0.3 is 20.3 Å². The normalized spacial score (nSPS) is 15.9. The molecule has 1 aromatic carbocycles. The van der Waals surface area contributed by atoms with Crippen LogP contribution in [0, 0.1) is 11.3 Å². The molecule has 1 aliphatic heterocycles. The van der Waals surface area contributed by atoms with Crippen LogP contribution in [0.15, 0.2) is 24.3 Å². The number of hydrogen-bond acceptors (Lipinski definition) is 4. The molecule has 1 atom stereocenters. The lowest BCUT2D eigenvalue weighted by atomic mass is 9.95. The van der Waals surface area contributed by atoms with Gasteiger partial charge in [-0.3, -0.25) is 14.4 Å². The van der Waals surface area contributed by atoms with Gasteiger partial charge in [0.1, 0.15) is 6.04 Å². The van der Waals surface area contributed by atoms with Crippen molar-refractivity contribution in [3.8, 4) is 0 Å². The van der Waals surface area contributed by atoms with Crippen LogP contribution in [-0.4, -0.2) is 55.0 Å². The molecule has 3 amide bonds. The minimum Gasteiger partial charge on any atom is -0.378 e. The van der Waals surface area contributed by atoms with E-state index in [0.717, 1.165) is 0 Å². The smallest absolute Gasteiger partial charge is 0.254 e. The van der Waals surface area contributed by atoms with Crippen molar-refractivity contribution in [2.45, 2.75) is 40.7 Å². The molecule has 1 aromatic rings. The second-order valence-electron chi connectivity index (χ2n) is 8.38. The Bertz CT molecular complexity index is 719. The number of carbonyl (C=O) groups excluding carboxylic acids is 3. The van der Waals surface area contributed by atoms with E-state index < -0.39 is 11.5 Å². The number of amides is 3. The summed E-state index contributed by atoms with van der Waals surface area (Å²) >= 11 is 0. The summed E-state index contributed by atoms with van der Waals surface area (Å²) in [4.78, 5) is 39.9. The van der Waals surface area contributed by atoms with Crippen molar-refractivity contribution in [1.82, 2.24) is 10.2 Å². The van der Waals surface area contributed by atoms with Crippen molar-refractivity contribution in [2.24, 2.45) is 11.3 Å². The van der Waals surface area contributed by atoms with Gasteiger partial charge >= 0.3 is 0 Å². The highest BCUT2D eigenvalue weighted by Crippen LogP contribution is 2.21. The van der Waals surface area contributed by atoms with E-state index in [1.165, 1.54) is 0 Å². The predicted octanol–water partition coefficient (Wildman–Crippen LogP) is 2.28. The van der Waals surface area contributed by atoms with Crippen molar-refractivity contribution >= 4 is 23.4 Å². The average molecular weight is 389 g/mol. The van der Waals surface area contributed by atoms with Crippen molar-refractivity contribution in [2.75, 3.05) is 31.6 Å². The van der Waals surface area contributed by atoms with Crippen LogP contribution in [0.2, 0.25) is 0 Å². The van der Waals surface area contributed by atoms with Gasteiger partial charge in [-0.1, -0.05) is 46.8 Å². The summed E-state index contributed by atoms with van der Waals surface area (Å²) in [5.41, 5.74) is 0.179. The summed E-state index contributed by atoms with van der Waals surface area (Å²) in [7, 11) is 0. The van der Waals surface area contributed by atoms with Gasteiger partial charge in [0.05, 0.1) is 24.5 Å². The SMILES string of the molecule is CC(C)[C@H](NC(=O)c1ccccc1NC(=O)C(C)(C)C)C(=O)N1CCOCC1. The van der Waals surface area contributed by atoms with Crippen LogP contribution >= 0.6 is 0 Å². The number of hydrogen-bond donors (Lipinski definition) is 2. The largest absolute Gasteiger partial charge is 0.378 e. The molecule has 0 aromatic heterocycles. The van der Waals surface area contributed by atoms with E-state index >= 15 is 0 Å². The van der Waals surface area contributed by atoms with E-state index in [9.17, 15) is 14.4 Å². The molecule has 1 aliphatic rings. The molecule has 0 spiro atoms. The minimum absolute atomic E-state index is 0.0735. The zero-order valence-electron chi connectivity index (χ0n) is 17.4. The maximum Gasteiger partial charge on any atom is 0.254 e. The van der Waals surface area contributed by atoms with Gasteiger partial charge in [-0.05, 0) is 18.1 Å². The van der Waals surface area contributed by atoms with E-state index in [-0.39, 0.29) is 23.6 Å². The van der Waals surface area contributed by atoms with Crippen LogP contribution in [0.1, 0.15) is 45.0 Å². The van der Waals surface area contributed by atoms with Crippen molar-refractivity contribution in [1.29, 1.82) is 0 Å². The van der Waals surface area contributed by atoms with E-state index in [2.05, 4.69) is 10.6 Å². The summed E-state index contributed by atoms with van der Waals surface area (Å²) in [5, 5.41) is 5.67. The van der Waals surface area contributed by atoms with E-state index in [4.69, 9.17) is 4.74 Å². The first-order valence-electron chi connectivity index (χ1n) is 9.69. The van der Waals surface area contributed by atoms with Crippen molar-refractivity contribution < 1.29 is 19.1 Å². The van der Waals surface area contributed by atoms with E-state index in [1.807, 2.05) is 13.8 Å². The zero-order valence-corrected chi connectivity index (χ0v) is 17.4. The number of benzene rings is 1. The Kier molecular flexibility index (Phi) is 7.18. The third-order valence-corrected chi connectivity index (χ3v) is 4.64. The molecule has 2 rings (SSSR count). The third kappa shape index (κ3) is 5.55. The third-order valence-electron chi connectivity index (χ3n) is 4.64. The average Bonchev–Trinajstić information content (AvgIpc) is 2.65. The maximum absolute atomic E-state index is 12.9. The fraction of sp³-hybridized carbons (Fsp3) is 0.571. The second-order valence-corrected chi connectivity index (χ2v) is 8.38. The summed E-state index contributed by atoms with van der Waals surface area (Å²) < 4.78 is 5.30. The number of para-hydroxylation sites is 1. The molecular weight excluding hydrogens is 358 g/mol. The Labute approximate surface area is 166 Å². The quantitative estimate of drug-likeness (QED) is 0.809. The Balaban J connectivity index is 2.17. The first kappa shape index (κ1) is 21.9. The molecule has 0 unspecified atom stereocenters. The van der Waals surface area contributed by atoms with Gasteiger partial charge in [0.2, 0.25) is 11.8 Å². The monoisotopic (exact) mass is 389 g/mol. The Morgan fingerprint density at radius 2 is 1.68 bits per heavy atom. The Hall–Kier alpha value is -2.41. The first-order valence-corrected chi connectivity index (χ1v) is 9.69. The fourth-order valence-corrected chi connectivity index (χ4v) is 2.81. The van der Waals surface area contributed by atoms with Gasteiger partial charge in [0, 0.05) is 18.5 Å². The van der Waals surface area contributed by atoms with E-state index in [1.54, 1.807) is 49.9 Å². The lowest BCUT2D eigenvalue weighted by Gasteiger charge is -2.32. The molecule has 7 nitrogen and oxygen atoms in total. The molecule has 0 aliphatic carbocycles. The molecule has 1 saturated heterocycles. The number of rotatable bonds is 5. The standard InChI is InChI=1S/C21H31N3O4/c1-14(2)17(19(26)24-10-12-28-13-11-24)23-18(25)15-8-6-7-9-16(15)22-20(27)21(3,4)5/h6-9,14,17H,10-13H2,1-5H3,(H,22,27)(H,23,25)/t17-/m0/s1. The van der Waals surface area contributed by atoms with Crippen LogP contribution in [0.3, 0.4) is 0 Å². The fourth-order valence-electron chi connectivity index (χ4n) is 2.81. The molecule has 154 valence electrons. The number of carbonyl (C=O) groups is 3. The van der Waals surface area contributed by atoms with Crippen LogP contribution < -0.4 is 10.6 Å². The predicted molar refractivity (Wildman–Crippen MR) is 108 cm³/mol. The number of anilines is 1. The molecule has 0 radical (unpaired) electrons. The number of morpholine rings is 1. The maximum atomic E-state index is 12.9. The van der Waals surface area contributed by atoms with Crippen LogP contribution in [0.4, 0.5) is 5.69 Å². The van der Waals surface area contributed by atoms with Crippen molar-refractivity contribution in [3.63, 3.8) is 0 Å². The van der Waals surface area contributed by atoms with Gasteiger partial charge in [-0.15, -0.1) is 0 Å². The van der Waals surface area contributed by atoms with Crippen LogP contribution in [0.5, 0.6) is 0 Å². The van der Waals surface area contributed by atoms with Gasteiger partial charge in [-0.25, -0.2) is 0 Å². The summed E-state index contributed by atoms with van der Waals surface area (Å²) in [6.07, 6.45) is 0. The number of ether oxygens (including phenoxy) is 1. The number of nitrogens with zero attached hydrogens (tertiary/aromatic N) is 1. The second kappa shape index (κ2) is 9.19. The van der Waals surface area contributed by atoms with Crippen LogP contribution in [-0.2, 0) is 14.3 Å². The lowest BCUT2D eigenvalue weighted by Crippen LogP contribution is -2.53. The first-order chi connectivity index (χ1) is 13.1. The summed E-state index contributed by atoms with van der Waals surface area (Å²) in [5.74, 6) is -0.749. The van der Waals surface area contributed by atoms with Crippen molar-refractivity contribution in [3.05, 3.63) is 29.8 Å². The Morgan fingerprint density at radius 3 is 2.25 bits per heavy atom. The van der Waals surface area contributed by atoms with Gasteiger partial charge in [-0.2, -0.15) is 0 Å². The van der Waals surface area contributed by atoms with Crippen LogP contribution in [0.25, 0.3) is 0 Å². The highest BCUT2D eigenvalue weighted by molar-refractivity contribution is 6.05. The molecule has 28 heavy (non-hydrogen) atoms. The Morgan fingerprint density at radius 1 is 1.07 bits per heavy atom. The number of nitrogens with one attached hydrogen (secondary N) is 2. The highest BCUT2D eigenvalue weighted by Gasteiger charge is 2.30. The molecule has 7 heteroatoms. The zero-order chi connectivity index (χ0) is 20.9. The lowest BCUT2D eigenvalue weighted by molar-refractivity contribution is -0.138. The van der Waals surface area contributed by atoms with E-state index in [0.29, 0.717) is 37.6 Å². The highest BCUT2D eigenvalue weighted by atomic mass is 16.5.